The predicted molar refractivity (Wildman–Crippen MR) is 78.0 cm³/mol. The van der Waals surface area contributed by atoms with E-state index >= 15 is 0 Å². The van der Waals surface area contributed by atoms with Crippen LogP contribution in [0.15, 0.2) is 24.3 Å². The van der Waals surface area contributed by atoms with Crippen molar-refractivity contribution in [1.29, 1.82) is 0 Å². The van der Waals surface area contributed by atoms with Crippen molar-refractivity contribution in [2.24, 2.45) is 5.92 Å². The Bertz CT molecular complexity index is 379. The number of para-hydroxylation sites is 1. The van der Waals surface area contributed by atoms with Gasteiger partial charge in [-0.2, -0.15) is 0 Å². The molecule has 1 amide bonds. The van der Waals surface area contributed by atoms with E-state index in [2.05, 4.69) is 41.8 Å². The Morgan fingerprint density at radius 2 is 2.06 bits per heavy atom. The molecule has 0 aliphatic heterocycles. The first kappa shape index (κ1) is 14.3. The number of alkyl halides is 1. The van der Waals surface area contributed by atoms with Crippen LogP contribution in [0.25, 0.3) is 0 Å². The molecule has 3 nitrogen and oxygen atoms in total. The van der Waals surface area contributed by atoms with E-state index in [9.17, 15) is 4.79 Å². The fourth-order valence-corrected chi connectivity index (χ4v) is 2.70. The van der Waals surface area contributed by atoms with Gasteiger partial charge in [0, 0.05) is 10.5 Å². The lowest BCUT2D eigenvalue weighted by Gasteiger charge is -2.20. The summed E-state index contributed by atoms with van der Waals surface area (Å²) in [6.45, 7) is 4.21. The maximum absolute atomic E-state index is 12.1. The second-order valence-corrected chi connectivity index (χ2v) is 5.06. The van der Waals surface area contributed by atoms with Crippen LogP contribution in [-0.4, -0.2) is 23.5 Å². The zero-order chi connectivity index (χ0) is 12.8. The monoisotopic (exact) mass is 347 g/mol. The highest BCUT2D eigenvalue weighted by Gasteiger charge is 2.18. The Kier molecular flexibility index (Phi) is 5.74. The Morgan fingerprint density at radius 3 is 2.59 bits per heavy atom. The molecular weight excluding hydrogens is 329 g/mol. The summed E-state index contributed by atoms with van der Waals surface area (Å²) in [5.41, 5.74) is 0.588. The van der Waals surface area contributed by atoms with E-state index in [0.29, 0.717) is 17.2 Å². The smallest absolute Gasteiger partial charge is 0.255 e. The lowest BCUT2D eigenvalue weighted by molar-refractivity contribution is 0.0929. The number of rotatable bonds is 5. The van der Waals surface area contributed by atoms with Crippen LogP contribution >= 0.6 is 22.6 Å². The van der Waals surface area contributed by atoms with Crippen molar-refractivity contribution in [1.82, 2.24) is 5.32 Å². The van der Waals surface area contributed by atoms with Crippen molar-refractivity contribution in [3.63, 3.8) is 0 Å². The molecule has 0 bridgehead atoms. The zero-order valence-corrected chi connectivity index (χ0v) is 12.5. The number of hydrogen-bond donors (Lipinski definition) is 1. The number of carbonyl (C=O) groups is 1. The SMILES string of the molecule is COc1ccccc1C(=O)NC(CI)C(C)C. The van der Waals surface area contributed by atoms with Crippen molar-refractivity contribution in [2.75, 3.05) is 11.5 Å². The standard InChI is InChI=1S/C13H18INO2/c1-9(2)11(8-14)15-13(16)10-6-4-5-7-12(10)17-3/h4-7,9,11H,8H2,1-3H3,(H,15,16). The molecule has 0 fully saturated rings. The van der Waals surface area contributed by atoms with E-state index in [-0.39, 0.29) is 11.9 Å². The molecule has 1 N–H and O–H groups in total. The van der Waals surface area contributed by atoms with E-state index in [1.807, 2.05) is 12.1 Å². The van der Waals surface area contributed by atoms with Crippen LogP contribution in [0.5, 0.6) is 5.75 Å². The average Bonchev–Trinajstić information content (AvgIpc) is 2.35. The summed E-state index contributed by atoms with van der Waals surface area (Å²) in [7, 11) is 1.57. The summed E-state index contributed by atoms with van der Waals surface area (Å²) in [5.74, 6) is 0.962. The van der Waals surface area contributed by atoms with Gasteiger partial charge >= 0.3 is 0 Å². The number of benzene rings is 1. The number of ether oxygens (including phenoxy) is 1. The van der Waals surface area contributed by atoms with Gasteiger partial charge in [-0.3, -0.25) is 4.79 Å². The molecule has 0 aliphatic carbocycles. The quantitative estimate of drug-likeness (QED) is 0.657. The second kappa shape index (κ2) is 6.83. The summed E-state index contributed by atoms with van der Waals surface area (Å²) < 4.78 is 6.08. The molecule has 0 saturated carbocycles. The molecule has 0 saturated heterocycles. The first-order valence-corrected chi connectivity index (χ1v) is 7.12. The van der Waals surface area contributed by atoms with E-state index < -0.39 is 0 Å². The van der Waals surface area contributed by atoms with Gasteiger partial charge in [0.1, 0.15) is 5.75 Å². The maximum Gasteiger partial charge on any atom is 0.255 e. The van der Waals surface area contributed by atoms with Gasteiger partial charge in [0.25, 0.3) is 5.91 Å². The highest BCUT2D eigenvalue weighted by Crippen LogP contribution is 2.17. The Morgan fingerprint density at radius 1 is 1.41 bits per heavy atom. The lowest BCUT2D eigenvalue weighted by atomic mass is 10.1. The Balaban J connectivity index is 2.82. The van der Waals surface area contributed by atoms with Crippen molar-refractivity contribution < 1.29 is 9.53 Å². The number of amides is 1. The number of carbonyl (C=O) groups excluding carboxylic acids is 1. The van der Waals surface area contributed by atoms with Crippen LogP contribution in [0.4, 0.5) is 0 Å². The number of methoxy groups -OCH3 is 1. The molecule has 17 heavy (non-hydrogen) atoms. The number of nitrogens with one attached hydrogen (secondary N) is 1. The van der Waals surface area contributed by atoms with Gasteiger partial charge in [-0.1, -0.05) is 48.6 Å². The minimum Gasteiger partial charge on any atom is -0.496 e. The number of hydrogen-bond acceptors (Lipinski definition) is 2. The highest BCUT2D eigenvalue weighted by atomic mass is 127. The van der Waals surface area contributed by atoms with E-state index in [1.165, 1.54) is 0 Å². The third-order valence-corrected chi connectivity index (χ3v) is 3.59. The molecule has 0 aliphatic rings. The fraction of sp³-hybridized carbons (Fsp3) is 0.462. The topological polar surface area (TPSA) is 38.3 Å². The van der Waals surface area contributed by atoms with Crippen molar-refractivity contribution in [2.45, 2.75) is 19.9 Å². The minimum atomic E-state index is -0.0715. The molecule has 0 radical (unpaired) electrons. The predicted octanol–water partition coefficient (Wildman–Crippen LogP) is 2.88. The second-order valence-electron chi connectivity index (χ2n) is 4.18. The third-order valence-electron chi connectivity index (χ3n) is 2.64. The molecule has 1 aromatic carbocycles. The van der Waals surface area contributed by atoms with Crippen molar-refractivity contribution in [3.8, 4) is 5.75 Å². The first-order chi connectivity index (χ1) is 8.10. The summed E-state index contributed by atoms with van der Waals surface area (Å²) in [6.07, 6.45) is 0. The summed E-state index contributed by atoms with van der Waals surface area (Å²) in [6, 6.07) is 7.45. The van der Waals surface area contributed by atoms with Crippen molar-refractivity contribution in [3.05, 3.63) is 29.8 Å². The summed E-state index contributed by atoms with van der Waals surface area (Å²) >= 11 is 2.29. The molecule has 1 unspecified atom stereocenters. The van der Waals surface area contributed by atoms with Gasteiger partial charge in [-0.25, -0.2) is 0 Å². The molecule has 4 heteroatoms. The molecule has 0 spiro atoms. The minimum absolute atomic E-state index is 0.0715. The van der Waals surface area contributed by atoms with Crippen LogP contribution in [0.1, 0.15) is 24.2 Å². The van der Waals surface area contributed by atoms with Crippen LogP contribution in [0.3, 0.4) is 0 Å². The van der Waals surface area contributed by atoms with Gasteiger partial charge in [-0.15, -0.1) is 0 Å². The number of halogens is 1. The van der Waals surface area contributed by atoms with Gasteiger partial charge in [0.15, 0.2) is 0 Å². The largest absolute Gasteiger partial charge is 0.496 e. The van der Waals surface area contributed by atoms with Gasteiger partial charge in [-0.05, 0) is 18.1 Å². The van der Waals surface area contributed by atoms with E-state index in [4.69, 9.17) is 4.74 Å². The molecule has 1 aromatic rings. The molecule has 1 rings (SSSR count). The molecule has 0 aromatic heterocycles. The zero-order valence-electron chi connectivity index (χ0n) is 10.4. The first-order valence-electron chi connectivity index (χ1n) is 5.60. The van der Waals surface area contributed by atoms with Crippen LogP contribution in [-0.2, 0) is 0 Å². The van der Waals surface area contributed by atoms with Gasteiger partial charge in [0.05, 0.1) is 12.7 Å². The van der Waals surface area contributed by atoms with E-state index in [1.54, 1.807) is 19.2 Å². The Hall–Kier alpha value is -0.780. The molecule has 94 valence electrons. The van der Waals surface area contributed by atoms with Crippen LogP contribution in [0, 0.1) is 5.92 Å². The van der Waals surface area contributed by atoms with Crippen LogP contribution in [0.2, 0.25) is 0 Å². The lowest BCUT2D eigenvalue weighted by Crippen LogP contribution is -2.39. The van der Waals surface area contributed by atoms with Gasteiger partial charge < -0.3 is 10.1 Å². The average molecular weight is 347 g/mol. The summed E-state index contributed by atoms with van der Waals surface area (Å²) in [5, 5.41) is 3.03. The van der Waals surface area contributed by atoms with Crippen LogP contribution < -0.4 is 10.1 Å². The molecular formula is C13H18INO2. The van der Waals surface area contributed by atoms with Crippen molar-refractivity contribution >= 4 is 28.5 Å². The highest BCUT2D eigenvalue weighted by molar-refractivity contribution is 14.1. The normalized spacial score (nSPS) is 12.3. The summed E-state index contributed by atoms with van der Waals surface area (Å²) in [4.78, 5) is 12.1. The Labute approximate surface area is 116 Å². The molecule has 1 atom stereocenters. The molecule has 0 heterocycles. The fourth-order valence-electron chi connectivity index (χ4n) is 1.46. The van der Waals surface area contributed by atoms with E-state index in [0.717, 1.165) is 4.43 Å². The maximum atomic E-state index is 12.1. The third kappa shape index (κ3) is 3.87. The van der Waals surface area contributed by atoms with Gasteiger partial charge in [0.2, 0.25) is 0 Å².